The SMILES string of the molecule is C=C(SCCOP(=O)(O)OC[C@@H]1C[C@H](C)[C@H](n2ccc(=O)n(COCc3ccccc3)c2=O)O1)C(C)(C)COC(c1ccccc1)(c1ccccc1)c1ccccc1. The van der Waals surface area contributed by atoms with E-state index < -0.39 is 42.4 Å². The molecule has 1 aromatic heterocycles. The summed E-state index contributed by atoms with van der Waals surface area (Å²) in [6, 6.07) is 41.2. The smallest absolute Gasteiger partial charge is 0.360 e. The Morgan fingerprint density at radius 3 is 1.98 bits per heavy atom. The van der Waals surface area contributed by atoms with Crippen molar-refractivity contribution in [3.05, 3.63) is 188 Å². The minimum absolute atomic E-state index is 0.0653. The molecular formula is C45H51N2O9PS. The van der Waals surface area contributed by atoms with E-state index >= 15 is 0 Å². The standard InChI is InChI=1S/C45H51N2O9PS/c1-34-29-40(56-42(34)46-26-25-41(48)47(43(46)49)33-52-30-36-17-9-5-10-18-36)31-55-57(50,51)54-27-28-58-35(2)44(3,4)32-53-45(37-19-11-6-12-20-37,38-21-13-7-14-22-38)39-23-15-8-16-24-39/h5-26,34,40,42H,2,27-33H2,1,3-4H3,(H,50,51)/t34-,40-,42+/m0/s1. The predicted octanol–water partition coefficient (Wildman–Crippen LogP) is 8.52. The number of aromatic nitrogens is 2. The highest BCUT2D eigenvalue weighted by molar-refractivity contribution is 8.03. The molecule has 0 aliphatic carbocycles. The molecule has 0 bridgehead atoms. The molecule has 4 atom stereocenters. The van der Waals surface area contributed by atoms with Crippen molar-refractivity contribution in [2.45, 2.75) is 58.5 Å². The van der Waals surface area contributed by atoms with Gasteiger partial charge in [-0.25, -0.2) is 13.9 Å². The van der Waals surface area contributed by atoms with E-state index in [0.29, 0.717) is 18.8 Å². The van der Waals surface area contributed by atoms with Crippen LogP contribution in [-0.4, -0.2) is 45.7 Å². The van der Waals surface area contributed by atoms with Crippen molar-refractivity contribution in [2.24, 2.45) is 11.3 Å². The summed E-state index contributed by atoms with van der Waals surface area (Å²) in [5.41, 5.74) is 1.47. The monoisotopic (exact) mass is 826 g/mol. The van der Waals surface area contributed by atoms with Crippen molar-refractivity contribution in [1.82, 2.24) is 9.13 Å². The highest BCUT2D eigenvalue weighted by Gasteiger charge is 2.40. The molecule has 11 nitrogen and oxygen atoms in total. The Morgan fingerprint density at radius 2 is 1.41 bits per heavy atom. The third-order valence-corrected chi connectivity index (χ3v) is 12.4. The summed E-state index contributed by atoms with van der Waals surface area (Å²) in [5, 5.41) is 0. The maximum absolute atomic E-state index is 13.3. The van der Waals surface area contributed by atoms with Crippen molar-refractivity contribution in [3.63, 3.8) is 0 Å². The minimum atomic E-state index is -4.43. The number of hydrogen-bond acceptors (Lipinski definition) is 9. The Bertz CT molecular complexity index is 2160. The van der Waals surface area contributed by atoms with Gasteiger partial charge in [0.15, 0.2) is 0 Å². The maximum Gasteiger partial charge on any atom is 0.472 e. The molecule has 1 fully saturated rings. The summed E-state index contributed by atoms with van der Waals surface area (Å²) < 4.78 is 44.7. The van der Waals surface area contributed by atoms with Gasteiger partial charge in [0.2, 0.25) is 0 Å². The minimum Gasteiger partial charge on any atom is -0.360 e. The third kappa shape index (κ3) is 10.6. The van der Waals surface area contributed by atoms with Crippen LogP contribution in [0, 0.1) is 11.3 Å². The molecule has 1 N–H and O–H groups in total. The second-order valence-corrected chi connectivity index (χ2v) is 17.6. The van der Waals surface area contributed by atoms with E-state index in [2.05, 4.69) is 56.8 Å². The van der Waals surface area contributed by atoms with Crippen LogP contribution in [0.1, 0.15) is 55.7 Å². The Morgan fingerprint density at radius 1 is 0.862 bits per heavy atom. The molecule has 4 aromatic carbocycles. The van der Waals surface area contributed by atoms with Gasteiger partial charge in [-0.2, -0.15) is 0 Å². The van der Waals surface area contributed by atoms with Crippen LogP contribution in [0.2, 0.25) is 0 Å². The highest BCUT2D eigenvalue weighted by Crippen LogP contribution is 2.46. The fourth-order valence-electron chi connectivity index (χ4n) is 6.90. The number of ether oxygens (including phenoxy) is 3. The molecule has 0 saturated carbocycles. The number of hydrogen-bond donors (Lipinski definition) is 1. The van der Waals surface area contributed by atoms with Crippen molar-refractivity contribution in [3.8, 4) is 0 Å². The Labute approximate surface area is 343 Å². The van der Waals surface area contributed by atoms with Crippen molar-refractivity contribution in [1.29, 1.82) is 0 Å². The molecule has 5 aromatic rings. The molecule has 13 heteroatoms. The van der Waals surface area contributed by atoms with Gasteiger partial charge in [-0.05, 0) is 33.6 Å². The van der Waals surface area contributed by atoms with Crippen molar-refractivity contribution < 1.29 is 32.7 Å². The fourth-order valence-corrected chi connectivity index (χ4v) is 8.64. The first-order valence-corrected chi connectivity index (χ1v) is 21.7. The van der Waals surface area contributed by atoms with Gasteiger partial charge < -0.3 is 19.1 Å². The molecular weight excluding hydrogens is 776 g/mol. The largest absolute Gasteiger partial charge is 0.472 e. The van der Waals surface area contributed by atoms with Gasteiger partial charge >= 0.3 is 13.5 Å². The molecule has 0 radical (unpaired) electrons. The summed E-state index contributed by atoms with van der Waals surface area (Å²) >= 11 is 1.43. The summed E-state index contributed by atoms with van der Waals surface area (Å²) in [5.74, 6) is 0.193. The van der Waals surface area contributed by atoms with E-state index in [1.807, 2.05) is 91.9 Å². The van der Waals surface area contributed by atoms with E-state index in [-0.39, 0.29) is 32.5 Å². The summed E-state index contributed by atoms with van der Waals surface area (Å²) in [6.07, 6.45) is 0.547. The number of benzene rings is 4. The van der Waals surface area contributed by atoms with Crippen LogP contribution in [0.4, 0.5) is 0 Å². The lowest BCUT2D eigenvalue weighted by atomic mass is 9.79. The first kappa shape index (κ1) is 43.2. The Balaban J connectivity index is 0.997. The third-order valence-electron chi connectivity index (χ3n) is 10.1. The van der Waals surface area contributed by atoms with E-state index in [1.165, 1.54) is 28.6 Å². The van der Waals surface area contributed by atoms with Gasteiger partial charge in [0.1, 0.15) is 18.6 Å². The van der Waals surface area contributed by atoms with Gasteiger partial charge in [0.05, 0.1) is 32.5 Å². The van der Waals surface area contributed by atoms with Crippen LogP contribution in [0.3, 0.4) is 0 Å². The molecule has 1 aliphatic rings. The fraction of sp³-hybridized carbons (Fsp3) is 0.333. The highest BCUT2D eigenvalue weighted by atomic mass is 32.2. The van der Waals surface area contributed by atoms with E-state index in [0.717, 1.165) is 31.7 Å². The number of phosphoric ester groups is 1. The molecule has 58 heavy (non-hydrogen) atoms. The van der Waals surface area contributed by atoms with Gasteiger partial charge in [-0.3, -0.25) is 18.4 Å². The Hall–Kier alpha value is -4.36. The molecule has 0 spiro atoms. The zero-order valence-corrected chi connectivity index (χ0v) is 34.8. The molecule has 1 aliphatic heterocycles. The van der Waals surface area contributed by atoms with Gasteiger partial charge in [0.25, 0.3) is 5.56 Å². The van der Waals surface area contributed by atoms with Crippen LogP contribution in [-0.2, 0) is 46.8 Å². The number of thioether (sulfide) groups is 1. The molecule has 1 unspecified atom stereocenters. The van der Waals surface area contributed by atoms with E-state index in [4.69, 9.17) is 23.3 Å². The van der Waals surface area contributed by atoms with Crippen LogP contribution in [0.5, 0.6) is 0 Å². The second kappa shape index (κ2) is 19.6. The molecule has 1 saturated heterocycles. The lowest BCUT2D eigenvalue weighted by Gasteiger charge is -2.39. The van der Waals surface area contributed by atoms with Crippen LogP contribution < -0.4 is 11.2 Å². The molecule has 0 amide bonds. The molecule has 6 rings (SSSR count). The van der Waals surface area contributed by atoms with Crippen LogP contribution in [0.15, 0.2) is 155 Å². The zero-order valence-electron chi connectivity index (χ0n) is 33.1. The summed E-state index contributed by atoms with van der Waals surface area (Å²) in [7, 11) is -4.43. The summed E-state index contributed by atoms with van der Waals surface area (Å²) in [4.78, 5) is 37.2. The van der Waals surface area contributed by atoms with Crippen molar-refractivity contribution in [2.75, 3.05) is 25.6 Å². The van der Waals surface area contributed by atoms with Crippen LogP contribution in [0.25, 0.3) is 0 Å². The van der Waals surface area contributed by atoms with Crippen LogP contribution >= 0.6 is 19.6 Å². The van der Waals surface area contributed by atoms with E-state index in [1.54, 1.807) is 0 Å². The topological polar surface area (TPSA) is 127 Å². The number of phosphoric acid groups is 1. The van der Waals surface area contributed by atoms with Gasteiger partial charge in [0, 0.05) is 29.3 Å². The van der Waals surface area contributed by atoms with Gasteiger partial charge in [-0.15, -0.1) is 11.8 Å². The summed E-state index contributed by atoms with van der Waals surface area (Å²) in [6.45, 7) is 10.4. The first-order valence-electron chi connectivity index (χ1n) is 19.2. The molecule has 306 valence electrons. The normalized spacial score (nSPS) is 18.2. The predicted molar refractivity (Wildman–Crippen MR) is 226 cm³/mol. The molecule has 2 heterocycles. The first-order chi connectivity index (χ1) is 27.9. The lowest BCUT2D eigenvalue weighted by Crippen LogP contribution is -2.41. The zero-order chi connectivity index (χ0) is 41.2. The second-order valence-electron chi connectivity index (χ2n) is 14.9. The Kier molecular flexibility index (Phi) is 14.6. The lowest BCUT2D eigenvalue weighted by molar-refractivity contribution is -0.0364. The van der Waals surface area contributed by atoms with Gasteiger partial charge in [-0.1, -0.05) is 149 Å². The average Bonchev–Trinajstić information content (AvgIpc) is 3.61. The maximum atomic E-state index is 13.3. The van der Waals surface area contributed by atoms with Crippen molar-refractivity contribution >= 4 is 19.6 Å². The average molecular weight is 827 g/mol. The quantitative estimate of drug-likeness (QED) is 0.0464. The van der Waals surface area contributed by atoms with E-state index in [9.17, 15) is 19.0 Å². The number of nitrogens with zero attached hydrogens (tertiary/aromatic N) is 2. The number of rotatable bonds is 20.